The second-order valence-corrected chi connectivity index (χ2v) is 5.00. The van der Waals surface area contributed by atoms with Crippen LogP contribution >= 0.6 is 11.3 Å². The van der Waals surface area contributed by atoms with E-state index in [9.17, 15) is 0 Å². The molecule has 1 aromatic heterocycles. The fourth-order valence-electron chi connectivity index (χ4n) is 1.71. The summed E-state index contributed by atoms with van der Waals surface area (Å²) in [5.41, 5.74) is 1.48. The van der Waals surface area contributed by atoms with E-state index in [0.29, 0.717) is 0 Å². The highest BCUT2D eigenvalue weighted by Gasteiger charge is 2.19. The van der Waals surface area contributed by atoms with Crippen LogP contribution in [0.4, 0.5) is 0 Å². The lowest BCUT2D eigenvalue weighted by Crippen LogP contribution is -2.18. The van der Waals surface area contributed by atoms with Crippen LogP contribution in [0.5, 0.6) is 0 Å². The first-order chi connectivity index (χ1) is 6.95. The molecular formula is C12H19NS. The Morgan fingerprint density at radius 1 is 1.36 bits per heavy atom. The largest absolute Gasteiger partial charge is 0.316 e. The molecule has 0 spiro atoms. The Balaban J connectivity index is 1.43. The van der Waals surface area contributed by atoms with Crippen molar-refractivity contribution in [2.24, 2.45) is 5.92 Å². The quantitative estimate of drug-likeness (QED) is 0.681. The van der Waals surface area contributed by atoms with Crippen molar-refractivity contribution in [1.82, 2.24) is 5.32 Å². The zero-order valence-electron chi connectivity index (χ0n) is 8.67. The lowest BCUT2D eigenvalue weighted by atomic mass is 10.2. The van der Waals surface area contributed by atoms with Gasteiger partial charge in [0.2, 0.25) is 0 Å². The maximum absolute atomic E-state index is 3.51. The van der Waals surface area contributed by atoms with Crippen LogP contribution in [-0.2, 0) is 6.42 Å². The molecule has 0 aromatic carbocycles. The molecule has 0 amide bonds. The highest BCUT2D eigenvalue weighted by atomic mass is 32.1. The topological polar surface area (TPSA) is 12.0 Å². The van der Waals surface area contributed by atoms with Gasteiger partial charge in [-0.15, -0.1) is 0 Å². The molecule has 1 fully saturated rings. The Kier molecular flexibility index (Phi) is 4.02. The van der Waals surface area contributed by atoms with Crippen molar-refractivity contribution in [3.63, 3.8) is 0 Å². The molecule has 0 radical (unpaired) electrons. The molecule has 1 heterocycles. The van der Waals surface area contributed by atoms with Crippen molar-refractivity contribution in [2.75, 3.05) is 13.1 Å². The van der Waals surface area contributed by atoms with Gasteiger partial charge in [-0.1, -0.05) is 12.8 Å². The summed E-state index contributed by atoms with van der Waals surface area (Å²) in [6.45, 7) is 2.35. The smallest absolute Gasteiger partial charge is 0.000806 e. The zero-order valence-corrected chi connectivity index (χ0v) is 9.48. The molecule has 0 aliphatic heterocycles. The summed E-state index contributed by atoms with van der Waals surface area (Å²) < 4.78 is 0. The van der Waals surface area contributed by atoms with Crippen molar-refractivity contribution in [3.8, 4) is 0 Å². The first-order valence-electron chi connectivity index (χ1n) is 5.67. The standard InChI is InChI=1S/C12H19NS/c1(2-11-3-4-11)7-13-8-5-12-6-9-14-10-12/h6,9-11,13H,1-5,7-8H2. The molecule has 1 saturated carbocycles. The summed E-state index contributed by atoms with van der Waals surface area (Å²) >= 11 is 1.79. The highest BCUT2D eigenvalue weighted by Crippen LogP contribution is 2.33. The minimum Gasteiger partial charge on any atom is -0.316 e. The van der Waals surface area contributed by atoms with Crippen LogP contribution in [0.25, 0.3) is 0 Å². The Labute approximate surface area is 90.5 Å². The van der Waals surface area contributed by atoms with Gasteiger partial charge in [-0.2, -0.15) is 11.3 Å². The van der Waals surface area contributed by atoms with E-state index in [0.717, 1.165) is 12.5 Å². The fraction of sp³-hybridized carbons (Fsp3) is 0.667. The van der Waals surface area contributed by atoms with Crippen LogP contribution in [0.2, 0.25) is 0 Å². The molecule has 1 aromatic rings. The average Bonchev–Trinajstić information content (AvgIpc) is 2.87. The van der Waals surface area contributed by atoms with Crippen LogP contribution in [0.15, 0.2) is 16.8 Å². The summed E-state index contributed by atoms with van der Waals surface area (Å²) in [6.07, 6.45) is 7.00. The SMILES string of the molecule is c1cc(CCNCCCC2CC2)cs1. The molecular weight excluding hydrogens is 190 g/mol. The van der Waals surface area contributed by atoms with Gasteiger partial charge < -0.3 is 5.32 Å². The number of hydrogen-bond acceptors (Lipinski definition) is 2. The molecule has 0 saturated heterocycles. The summed E-state index contributed by atoms with van der Waals surface area (Å²) in [7, 11) is 0. The van der Waals surface area contributed by atoms with E-state index in [4.69, 9.17) is 0 Å². The van der Waals surface area contributed by atoms with E-state index in [1.807, 2.05) is 0 Å². The predicted octanol–water partition coefficient (Wildman–Crippen LogP) is 3.07. The maximum atomic E-state index is 3.51. The van der Waals surface area contributed by atoms with E-state index in [2.05, 4.69) is 22.1 Å². The molecule has 1 aliphatic carbocycles. The molecule has 1 nitrogen and oxygen atoms in total. The lowest BCUT2D eigenvalue weighted by molar-refractivity contribution is 0.595. The second-order valence-electron chi connectivity index (χ2n) is 4.22. The van der Waals surface area contributed by atoms with Crippen molar-refractivity contribution < 1.29 is 0 Å². The molecule has 0 atom stereocenters. The average molecular weight is 209 g/mol. The Morgan fingerprint density at radius 3 is 3.00 bits per heavy atom. The van der Waals surface area contributed by atoms with Gasteiger partial charge in [0.05, 0.1) is 0 Å². The molecule has 14 heavy (non-hydrogen) atoms. The normalized spacial score (nSPS) is 16.0. The molecule has 78 valence electrons. The Morgan fingerprint density at radius 2 is 2.29 bits per heavy atom. The molecule has 2 rings (SSSR count). The fourth-order valence-corrected chi connectivity index (χ4v) is 2.42. The van der Waals surface area contributed by atoms with E-state index in [1.165, 1.54) is 44.2 Å². The van der Waals surface area contributed by atoms with Crippen molar-refractivity contribution in [3.05, 3.63) is 22.4 Å². The summed E-state index contributed by atoms with van der Waals surface area (Å²) in [5.74, 6) is 1.09. The first-order valence-corrected chi connectivity index (χ1v) is 6.61. The third-order valence-electron chi connectivity index (χ3n) is 2.83. The van der Waals surface area contributed by atoms with Crippen LogP contribution in [0.1, 0.15) is 31.2 Å². The van der Waals surface area contributed by atoms with Gasteiger partial charge in [0, 0.05) is 0 Å². The number of hydrogen-bond donors (Lipinski definition) is 1. The zero-order chi connectivity index (χ0) is 9.64. The van der Waals surface area contributed by atoms with E-state index in [1.54, 1.807) is 11.3 Å². The minimum atomic E-state index is 1.09. The van der Waals surface area contributed by atoms with Crippen LogP contribution < -0.4 is 5.32 Å². The Bertz CT molecular complexity index is 239. The number of nitrogens with one attached hydrogen (secondary N) is 1. The lowest BCUT2D eigenvalue weighted by Gasteiger charge is -2.02. The van der Waals surface area contributed by atoms with Gasteiger partial charge in [0.25, 0.3) is 0 Å². The van der Waals surface area contributed by atoms with Crippen LogP contribution in [0.3, 0.4) is 0 Å². The molecule has 0 unspecified atom stereocenters. The van der Waals surface area contributed by atoms with Crippen molar-refractivity contribution >= 4 is 11.3 Å². The summed E-state index contributed by atoms with van der Waals surface area (Å²) in [6, 6.07) is 2.22. The monoisotopic (exact) mass is 209 g/mol. The summed E-state index contributed by atoms with van der Waals surface area (Å²) in [5, 5.41) is 7.91. The van der Waals surface area contributed by atoms with Crippen LogP contribution in [-0.4, -0.2) is 13.1 Å². The minimum absolute atomic E-state index is 1.09. The molecule has 1 N–H and O–H groups in total. The van der Waals surface area contributed by atoms with Gasteiger partial charge in [-0.3, -0.25) is 0 Å². The number of thiophene rings is 1. The van der Waals surface area contributed by atoms with Crippen LogP contribution in [0, 0.1) is 5.92 Å². The predicted molar refractivity (Wildman–Crippen MR) is 62.9 cm³/mol. The molecule has 2 heteroatoms. The summed E-state index contributed by atoms with van der Waals surface area (Å²) in [4.78, 5) is 0. The van der Waals surface area contributed by atoms with Gasteiger partial charge >= 0.3 is 0 Å². The maximum Gasteiger partial charge on any atom is -0.000806 e. The van der Waals surface area contributed by atoms with E-state index < -0.39 is 0 Å². The molecule has 1 aliphatic rings. The molecule has 0 bridgehead atoms. The van der Waals surface area contributed by atoms with Crippen molar-refractivity contribution in [2.45, 2.75) is 32.1 Å². The Hall–Kier alpha value is -0.340. The number of rotatable bonds is 7. The van der Waals surface area contributed by atoms with E-state index in [-0.39, 0.29) is 0 Å². The van der Waals surface area contributed by atoms with Gasteiger partial charge in [-0.25, -0.2) is 0 Å². The van der Waals surface area contributed by atoms with Crippen molar-refractivity contribution in [1.29, 1.82) is 0 Å². The highest BCUT2D eigenvalue weighted by molar-refractivity contribution is 7.07. The third kappa shape index (κ3) is 3.81. The van der Waals surface area contributed by atoms with Gasteiger partial charge in [-0.05, 0) is 60.7 Å². The third-order valence-corrected chi connectivity index (χ3v) is 3.57. The van der Waals surface area contributed by atoms with Gasteiger partial charge in [0.1, 0.15) is 0 Å². The van der Waals surface area contributed by atoms with Gasteiger partial charge in [0.15, 0.2) is 0 Å². The van der Waals surface area contributed by atoms with E-state index >= 15 is 0 Å². The second kappa shape index (κ2) is 5.52. The first kappa shape index (κ1) is 10.2.